The van der Waals surface area contributed by atoms with Crippen molar-refractivity contribution in [2.75, 3.05) is 6.61 Å². The van der Waals surface area contributed by atoms with Crippen molar-refractivity contribution in [2.24, 2.45) is 11.7 Å². The van der Waals surface area contributed by atoms with E-state index in [4.69, 9.17) is 26.8 Å². The number of hydrogen-bond acceptors (Lipinski definition) is 5. The zero-order valence-corrected chi connectivity index (χ0v) is 24.7. The highest BCUT2D eigenvalue weighted by atomic mass is 35.5. The number of primary amides is 1. The summed E-state index contributed by atoms with van der Waals surface area (Å²) >= 11 is 6.40. The number of pyridine rings is 1. The van der Waals surface area contributed by atoms with Gasteiger partial charge in [0.15, 0.2) is 5.78 Å². The molecule has 5 rings (SSSR count). The molecule has 0 saturated carbocycles. The van der Waals surface area contributed by atoms with E-state index >= 15 is 0 Å². The first-order valence-corrected chi connectivity index (χ1v) is 14.9. The monoisotopic (exact) mass is 594 g/mol. The summed E-state index contributed by atoms with van der Waals surface area (Å²) in [5, 5.41) is 0.573. The van der Waals surface area contributed by atoms with Crippen LogP contribution in [0.4, 0.5) is 4.39 Å². The number of carbonyl (C=O) groups excluding carboxylic acids is 2. The van der Waals surface area contributed by atoms with Gasteiger partial charge in [0, 0.05) is 42.3 Å². The van der Waals surface area contributed by atoms with E-state index < -0.39 is 17.8 Å². The molecule has 3 aromatic rings. The number of carbonyl (C=O) groups is 2. The van der Waals surface area contributed by atoms with Crippen LogP contribution in [-0.2, 0) is 33.7 Å². The van der Waals surface area contributed by atoms with Crippen LogP contribution in [0.15, 0.2) is 53.5 Å². The third-order valence-corrected chi connectivity index (χ3v) is 8.52. The Bertz CT molecular complexity index is 1550. The van der Waals surface area contributed by atoms with Gasteiger partial charge < -0.3 is 19.8 Å². The number of hydrogen-bond donors (Lipinski definition) is 1. The van der Waals surface area contributed by atoms with Crippen LogP contribution in [0.3, 0.4) is 0 Å². The number of amides is 1. The van der Waals surface area contributed by atoms with Gasteiger partial charge in [-0.3, -0.25) is 14.4 Å². The highest BCUT2D eigenvalue weighted by molar-refractivity contribution is 6.30. The van der Waals surface area contributed by atoms with Gasteiger partial charge in [-0.2, -0.15) is 0 Å². The van der Waals surface area contributed by atoms with Crippen molar-refractivity contribution in [3.8, 4) is 11.1 Å². The molecule has 42 heavy (non-hydrogen) atoms. The molecule has 222 valence electrons. The molecule has 3 atom stereocenters. The van der Waals surface area contributed by atoms with E-state index in [2.05, 4.69) is 13.8 Å². The molecule has 2 aromatic carbocycles. The number of nitrogens with zero attached hydrogens (tertiary/aromatic N) is 1. The van der Waals surface area contributed by atoms with Gasteiger partial charge in [0.25, 0.3) is 11.5 Å². The SMILES string of the molecule is CC(C)C1Cc2ccc(Cl)cc2-c2cc(=O)n(C(C[C@@H]3CCCCO3)C(=O)Cc3ccc(C(N)=O)c(F)c3)cc2CO1. The largest absolute Gasteiger partial charge is 0.378 e. The second-order valence-corrected chi connectivity index (χ2v) is 12.1. The van der Waals surface area contributed by atoms with Crippen molar-refractivity contribution in [3.05, 3.63) is 92.1 Å². The highest BCUT2D eigenvalue weighted by Gasteiger charge is 2.30. The molecule has 2 N–H and O–H groups in total. The summed E-state index contributed by atoms with van der Waals surface area (Å²) in [6.07, 6.45) is 5.11. The number of aromatic nitrogens is 1. The molecule has 0 spiro atoms. The topological polar surface area (TPSA) is 101 Å². The zero-order chi connectivity index (χ0) is 30.0. The summed E-state index contributed by atoms with van der Waals surface area (Å²) in [6, 6.07) is 10.4. The number of nitrogens with two attached hydrogens (primary N) is 1. The van der Waals surface area contributed by atoms with Gasteiger partial charge in [0.05, 0.1) is 30.4 Å². The quantitative estimate of drug-likeness (QED) is 0.354. The first kappa shape index (κ1) is 30.1. The summed E-state index contributed by atoms with van der Waals surface area (Å²) in [7, 11) is 0. The maximum atomic E-state index is 14.5. The normalized spacial score (nSPS) is 19.4. The summed E-state index contributed by atoms with van der Waals surface area (Å²) in [4.78, 5) is 39.1. The first-order chi connectivity index (χ1) is 20.1. The van der Waals surface area contributed by atoms with Gasteiger partial charge in [0.1, 0.15) is 5.82 Å². The van der Waals surface area contributed by atoms with Gasteiger partial charge in [0.2, 0.25) is 0 Å². The standard InChI is InChI=1S/C33H36ClFN2O5/c1-19(2)31-13-21-7-8-23(34)14-26(21)27-16-32(39)37(17-22(27)18-42-31)29(15-24-5-3-4-10-41-24)30(38)12-20-6-9-25(33(36)40)28(35)11-20/h6-9,11,14,16-17,19,24,29,31H,3-5,10,12-13,15,18H2,1-2H3,(H2,36,40)/t24-,29?,31?/m0/s1. The van der Waals surface area contributed by atoms with Crippen molar-refractivity contribution in [1.29, 1.82) is 0 Å². The van der Waals surface area contributed by atoms with Crippen LogP contribution in [-0.4, -0.2) is 35.1 Å². The van der Waals surface area contributed by atoms with Gasteiger partial charge in [-0.1, -0.05) is 37.6 Å². The summed E-state index contributed by atoms with van der Waals surface area (Å²) in [6.45, 7) is 5.10. The van der Waals surface area contributed by atoms with Crippen molar-refractivity contribution in [1.82, 2.24) is 4.57 Å². The minimum atomic E-state index is -0.880. The molecule has 0 radical (unpaired) electrons. The van der Waals surface area contributed by atoms with E-state index in [1.54, 1.807) is 12.3 Å². The fourth-order valence-electron chi connectivity index (χ4n) is 5.91. The number of ether oxygens (including phenoxy) is 2. The van der Waals surface area contributed by atoms with Gasteiger partial charge in [-0.15, -0.1) is 0 Å². The molecule has 0 bridgehead atoms. The molecule has 1 saturated heterocycles. The zero-order valence-electron chi connectivity index (χ0n) is 23.9. The van der Waals surface area contributed by atoms with E-state index in [0.717, 1.165) is 47.6 Å². The van der Waals surface area contributed by atoms with Crippen LogP contribution < -0.4 is 11.3 Å². The van der Waals surface area contributed by atoms with Gasteiger partial charge in [-0.25, -0.2) is 4.39 Å². The maximum absolute atomic E-state index is 14.5. The molecule has 2 unspecified atom stereocenters. The fourth-order valence-corrected chi connectivity index (χ4v) is 6.08. The number of benzene rings is 2. The predicted molar refractivity (Wildman–Crippen MR) is 159 cm³/mol. The molecule has 2 aliphatic heterocycles. The van der Waals surface area contributed by atoms with Crippen LogP contribution in [0.5, 0.6) is 0 Å². The number of rotatable bonds is 8. The van der Waals surface area contributed by atoms with E-state index in [0.29, 0.717) is 30.0 Å². The predicted octanol–water partition coefficient (Wildman–Crippen LogP) is 5.82. The molecule has 0 aliphatic carbocycles. The smallest absolute Gasteiger partial charge is 0.251 e. The van der Waals surface area contributed by atoms with E-state index in [9.17, 15) is 18.8 Å². The Hall–Kier alpha value is -3.33. The minimum absolute atomic E-state index is 0.0372. The lowest BCUT2D eigenvalue weighted by Crippen LogP contribution is -2.35. The number of halogens is 2. The Balaban J connectivity index is 1.55. The number of Topliss-reactive ketones (excluding diaryl/α,β-unsaturated/α-hetero) is 1. The van der Waals surface area contributed by atoms with Gasteiger partial charge in [-0.05, 0) is 78.1 Å². The summed E-state index contributed by atoms with van der Waals surface area (Å²) < 4.78 is 28.3. The number of ketones is 1. The lowest BCUT2D eigenvalue weighted by Gasteiger charge is -2.30. The second kappa shape index (κ2) is 12.9. The lowest BCUT2D eigenvalue weighted by atomic mass is 9.89. The van der Waals surface area contributed by atoms with Crippen LogP contribution in [0, 0.1) is 11.7 Å². The molecule has 1 aromatic heterocycles. The van der Waals surface area contributed by atoms with Crippen molar-refractivity contribution >= 4 is 23.3 Å². The van der Waals surface area contributed by atoms with E-state index in [-0.39, 0.29) is 48.1 Å². The van der Waals surface area contributed by atoms with Crippen molar-refractivity contribution < 1.29 is 23.5 Å². The first-order valence-electron chi connectivity index (χ1n) is 14.5. The molecule has 3 heterocycles. The summed E-state index contributed by atoms with van der Waals surface area (Å²) in [5.74, 6) is -1.66. The Morgan fingerprint density at radius 3 is 2.55 bits per heavy atom. The maximum Gasteiger partial charge on any atom is 0.251 e. The Morgan fingerprint density at radius 2 is 1.86 bits per heavy atom. The van der Waals surface area contributed by atoms with E-state index in [1.807, 2.05) is 18.2 Å². The highest BCUT2D eigenvalue weighted by Crippen LogP contribution is 2.35. The van der Waals surface area contributed by atoms with Crippen LogP contribution in [0.1, 0.15) is 72.6 Å². The average Bonchev–Trinajstić information content (AvgIpc) is 2.94. The number of fused-ring (bicyclic) bond motifs is 3. The third kappa shape index (κ3) is 6.66. The average molecular weight is 595 g/mol. The van der Waals surface area contributed by atoms with Crippen molar-refractivity contribution in [3.63, 3.8) is 0 Å². The Morgan fingerprint density at radius 1 is 1.07 bits per heavy atom. The second-order valence-electron chi connectivity index (χ2n) is 11.6. The Labute approximate surface area is 249 Å². The molecule has 9 heteroatoms. The molecule has 7 nitrogen and oxygen atoms in total. The van der Waals surface area contributed by atoms with Crippen molar-refractivity contribution in [2.45, 2.75) is 77.2 Å². The third-order valence-electron chi connectivity index (χ3n) is 8.29. The van der Waals surface area contributed by atoms with Gasteiger partial charge >= 0.3 is 0 Å². The van der Waals surface area contributed by atoms with Crippen LogP contribution >= 0.6 is 11.6 Å². The fraction of sp³-hybridized carbons (Fsp3) is 0.424. The molecule has 2 aliphatic rings. The lowest BCUT2D eigenvalue weighted by molar-refractivity contribution is -0.123. The van der Waals surface area contributed by atoms with Crippen LogP contribution in [0.2, 0.25) is 5.02 Å². The summed E-state index contributed by atoms with van der Waals surface area (Å²) in [5.41, 5.74) is 8.51. The molecule has 1 fully saturated rings. The molecular weight excluding hydrogens is 559 g/mol. The Kier molecular flexibility index (Phi) is 9.25. The minimum Gasteiger partial charge on any atom is -0.378 e. The molecule has 1 amide bonds. The molecular formula is C33H36ClFN2O5. The van der Waals surface area contributed by atoms with E-state index in [1.165, 1.54) is 16.7 Å². The van der Waals surface area contributed by atoms with Crippen LogP contribution in [0.25, 0.3) is 11.1 Å².